The van der Waals surface area contributed by atoms with Crippen LogP contribution in [0.25, 0.3) is 6.08 Å². The number of carbonyl (C=O) groups excluding carboxylic acids is 1. The predicted molar refractivity (Wildman–Crippen MR) is 65.5 cm³/mol. The monoisotopic (exact) mass is 233 g/mol. The molecule has 90 valence electrons. The Labute approximate surface area is 100.0 Å². The molecule has 0 atom stereocenters. The number of aryl methyl sites for hydroxylation is 1. The van der Waals surface area contributed by atoms with Crippen LogP contribution in [0.1, 0.15) is 18.1 Å². The molecule has 0 heterocycles. The zero-order chi connectivity index (χ0) is 12.8. The Bertz CT molecular complexity index is 463. The summed E-state index contributed by atoms with van der Waals surface area (Å²) in [7, 11) is 0. The van der Waals surface area contributed by atoms with E-state index in [1.807, 2.05) is 31.2 Å². The fourth-order valence-electron chi connectivity index (χ4n) is 1.37. The molecule has 0 saturated heterocycles. The minimum absolute atomic E-state index is 0.0264. The van der Waals surface area contributed by atoms with E-state index in [-0.39, 0.29) is 18.0 Å². The molecule has 4 nitrogen and oxygen atoms in total. The van der Waals surface area contributed by atoms with Crippen LogP contribution >= 0.6 is 0 Å². The molecule has 2 N–H and O–H groups in total. The Morgan fingerprint density at radius 2 is 2.12 bits per heavy atom. The molecule has 17 heavy (non-hydrogen) atoms. The zero-order valence-corrected chi connectivity index (χ0v) is 9.86. The van der Waals surface area contributed by atoms with Crippen molar-refractivity contribution in [1.29, 1.82) is 0 Å². The molecule has 1 amide bonds. The first-order chi connectivity index (χ1) is 7.99. The van der Waals surface area contributed by atoms with Gasteiger partial charge in [-0.25, -0.2) is 4.79 Å². The van der Waals surface area contributed by atoms with E-state index in [9.17, 15) is 9.59 Å². The van der Waals surface area contributed by atoms with Gasteiger partial charge in [0.25, 0.3) is 0 Å². The van der Waals surface area contributed by atoms with Gasteiger partial charge in [-0.2, -0.15) is 0 Å². The number of rotatable bonds is 4. The average molecular weight is 233 g/mol. The van der Waals surface area contributed by atoms with Gasteiger partial charge >= 0.3 is 5.97 Å². The molecule has 0 bridgehead atoms. The number of carbonyl (C=O) groups is 2. The lowest BCUT2D eigenvalue weighted by Gasteiger charge is -2.04. The average Bonchev–Trinajstić information content (AvgIpc) is 2.23. The molecule has 1 rings (SSSR count). The molecule has 0 aliphatic carbocycles. The number of amides is 1. The lowest BCUT2D eigenvalue weighted by Crippen LogP contribution is -2.25. The van der Waals surface area contributed by atoms with Gasteiger partial charge in [0.2, 0.25) is 5.91 Å². The number of hydrogen-bond acceptors (Lipinski definition) is 2. The summed E-state index contributed by atoms with van der Waals surface area (Å²) in [6.07, 6.45) is 1.56. The number of benzene rings is 1. The Kier molecular flexibility index (Phi) is 4.46. The Morgan fingerprint density at radius 3 is 2.65 bits per heavy atom. The van der Waals surface area contributed by atoms with Gasteiger partial charge in [-0.05, 0) is 18.6 Å². The van der Waals surface area contributed by atoms with Gasteiger partial charge in [0, 0.05) is 13.5 Å². The normalized spacial score (nSPS) is 11.1. The number of hydrogen-bond donors (Lipinski definition) is 2. The van der Waals surface area contributed by atoms with Gasteiger partial charge in [-0.15, -0.1) is 0 Å². The Balaban J connectivity index is 2.90. The van der Waals surface area contributed by atoms with Gasteiger partial charge in [0.1, 0.15) is 0 Å². The third kappa shape index (κ3) is 4.51. The van der Waals surface area contributed by atoms with Gasteiger partial charge in [0.05, 0.1) is 5.57 Å². The summed E-state index contributed by atoms with van der Waals surface area (Å²) in [5, 5.41) is 11.5. The molecular formula is C13H15NO3. The molecule has 4 heteroatoms. The molecule has 0 unspecified atom stereocenters. The van der Waals surface area contributed by atoms with Gasteiger partial charge in [0.15, 0.2) is 0 Å². The van der Waals surface area contributed by atoms with Crippen molar-refractivity contribution in [2.24, 2.45) is 0 Å². The van der Waals surface area contributed by atoms with E-state index >= 15 is 0 Å². The molecule has 0 aliphatic heterocycles. The highest BCUT2D eigenvalue weighted by molar-refractivity contribution is 5.93. The van der Waals surface area contributed by atoms with Crippen LogP contribution in [0.4, 0.5) is 0 Å². The maximum Gasteiger partial charge on any atom is 0.333 e. The van der Waals surface area contributed by atoms with Gasteiger partial charge in [-0.3, -0.25) is 4.79 Å². The predicted octanol–water partition coefficient (Wildman–Crippen LogP) is 1.60. The number of nitrogens with one attached hydrogen (secondary N) is 1. The minimum atomic E-state index is -1.03. The summed E-state index contributed by atoms with van der Waals surface area (Å²) in [6.45, 7) is 3.32. The summed E-state index contributed by atoms with van der Waals surface area (Å²) in [5.41, 5.74) is 2.03. The van der Waals surface area contributed by atoms with Crippen molar-refractivity contribution in [3.63, 3.8) is 0 Å². The van der Waals surface area contributed by atoms with Crippen molar-refractivity contribution >= 4 is 18.0 Å². The van der Waals surface area contributed by atoms with Crippen LogP contribution in [0.3, 0.4) is 0 Å². The maximum atomic E-state index is 11.0. The third-order valence-electron chi connectivity index (χ3n) is 2.19. The van der Waals surface area contributed by atoms with E-state index in [2.05, 4.69) is 5.32 Å². The Hall–Kier alpha value is -2.10. The van der Waals surface area contributed by atoms with Crippen LogP contribution < -0.4 is 5.32 Å². The molecule has 0 spiro atoms. The summed E-state index contributed by atoms with van der Waals surface area (Å²) < 4.78 is 0. The van der Waals surface area contributed by atoms with E-state index in [1.54, 1.807) is 6.08 Å². The second-order valence-corrected chi connectivity index (χ2v) is 3.80. The first-order valence-electron chi connectivity index (χ1n) is 5.24. The first kappa shape index (κ1) is 13.0. The third-order valence-corrected chi connectivity index (χ3v) is 2.19. The summed E-state index contributed by atoms with van der Waals surface area (Å²) in [5.74, 6) is -1.28. The highest BCUT2D eigenvalue weighted by Crippen LogP contribution is 2.09. The van der Waals surface area contributed by atoms with Gasteiger partial charge < -0.3 is 10.4 Å². The first-order valence-corrected chi connectivity index (χ1v) is 5.24. The molecule has 0 saturated carbocycles. The van der Waals surface area contributed by atoms with Crippen molar-refractivity contribution in [3.8, 4) is 0 Å². The summed E-state index contributed by atoms with van der Waals surface area (Å²) in [6, 6.07) is 7.51. The van der Waals surface area contributed by atoms with Crippen LogP contribution in [0.5, 0.6) is 0 Å². The van der Waals surface area contributed by atoms with Crippen LogP contribution in [0.15, 0.2) is 29.8 Å². The van der Waals surface area contributed by atoms with Crippen molar-refractivity contribution in [3.05, 3.63) is 41.0 Å². The standard InChI is InChI=1S/C13H15NO3/c1-9-4-3-5-11(6-9)7-12(13(16)17)8-14-10(2)15/h3-7H,8H2,1-2H3,(H,14,15)(H,16,17)/b12-7+. The van der Waals surface area contributed by atoms with E-state index in [0.29, 0.717) is 0 Å². The molecule has 0 aromatic heterocycles. The maximum absolute atomic E-state index is 11.0. The Morgan fingerprint density at radius 1 is 1.41 bits per heavy atom. The SMILES string of the molecule is CC(=O)NC/C(=C\c1cccc(C)c1)C(=O)O. The number of carboxylic acid groups (broad SMARTS) is 1. The van der Waals surface area contributed by atoms with Crippen molar-refractivity contribution < 1.29 is 14.7 Å². The van der Waals surface area contributed by atoms with Crippen molar-refractivity contribution in [2.75, 3.05) is 6.54 Å². The van der Waals surface area contributed by atoms with Gasteiger partial charge in [-0.1, -0.05) is 29.8 Å². The van der Waals surface area contributed by atoms with Crippen LogP contribution in [-0.2, 0) is 9.59 Å². The molecule has 0 aliphatic rings. The van der Waals surface area contributed by atoms with Crippen LogP contribution in [0.2, 0.25) is 0 Å². The largest absolute Gasteiger partial charge is 0.478 e. The zero-order valence-electron chi connectivity index (χ0n) is 9.86. The number of aliphatic carboxylic acids is 1. The van der Waals surface area contributed by atoms with Crippen LogP contribution in [-0.4, -0.2) is 23.5 Å². The topological polar surface area (TPSA) is 66.4 Å². The fraction of sp³-hybridized carbons (Fsp3) is 0.231. The molecular weight excluding hydrogens is 218 g/mol. The second-order valence-electron chi connectivity index (χ2n) is 3.80. The molecule has 1 aromatic rings. The number of carboxylic acids is 1. The molecule has 0 fully saturated rings. The lowest BCUT2D eigenvalue weighted by atomic mass is 10.1. The van der Waals surface area contributed by atoms with Crippen molar-refractivity contribution in [2.45, 2.75) is 13.8 Å². The van der Waals surface area contributed by atoms with Crippen molar-refractivity contribution in [1.82, 2.24) is 5.32 Å². The smallest absolute Gasteiger partial charge is 0.333 e. The summed E-state index contributed by atoms with van der Waals surface area (Å²) >= 11 is 0. The van der Waals surface area contributed by atoms with E-state index in [4.69, 9.17) is 5.11 Å². The highest BCUT2D eigenvalue weighted by Gasteiger charge is 2.07. The quantitative estimate of drug-likeness (QED) is 0.776. The molecule has 1 aromatic carbocycles. The van der Waals surface area contributed by atoms with E-state index < -0.39 is 5.97 Å². The van der Waals surface area contributed by atoms with E-state index in [1.165, 1.54) is 6.92 Å². The van der Waals surface area contributed by atoms with E-state index in [0.717, 1.165) is 11.1 Å². The lowest BCUT2D eigenvalue weighted by molar-refractivity contribution is -0.132. The minimum Gasteiger partial charge on any atom is -0.478 e. The summed E-state index contributed by atoms with van der Waals surface area (Å²) in [4.78, 5) is 21.7. The van der Waals surface area contributed by atoms with Crippen LogP contribution in [0, 0.1) is 6.92 Å². The highest BCUT2D eigenvalue weighted by atomic mass is 16.4. The molecule has 0 radical (unpaired) electrons. The fourth-order valence-corrected chi connectivity index (χ4v) is 1.37. The second kappa shape index (κ2) is 5.84.